The second-order valence-electron chi connectivity index (χ2n) is 6.44. The van der Waals surface area contributed by atoms with Gasteiger partial charge in [-0.05, 0) is 54.6 Å². The lowest BCUT2D eigenvalue weighted by Crippen LogP contribution is -2.14. The van der Waals surface area contributed by atoms with E-state index in [4.69, 9.17) is 11.6 Å². The van der Waals surface area contributed by atoms with Crippen molar-refractivity contribution in [3.63, 3.8) is 0 Å². The van der Waals surface area contributed by atoms with E-state index < -0.39 is 17.8 Å². The summed E-state index contributed by atoms with van der Waals surface area (Å²) in [6, 6.07) is 9.32. The molecule has 0 unspecified atom stereocenters. The highest BCUT2D eigenvalue weighted by Gasteiger charge is 2.35. The number of nitrogens with zero attached hydrogens (tertiary/aromatic N) is 2. The van der Waals surface area contributed by atoms with Gasteiger partial charge in [0.2, 0.25) is 0 Å². The third-order valence-corrected chi connectivity index (χ3v) is 5.46. The van der Waals surface area contributed by atoms with Gasteiger partial charge in [-0.2, -0.15) is 17.5 Å². The molecular formula is C19H13ClF3N3OS. The van der Waals surface area contributed by atoms with Crippen LogP contribution in [0.5, 0.6) is 0 Å². The molecule has 1 aliphatic rings. The number of anilines is 1. The van der Waals surface area contributed by atoms with Crippen molar-refractivity contribution in [2.75, 3.05) is 5.32 Å². The first kappa shape index (κ1) is 18.9. The van der Waals surface area contributed by atoms with Crippen molar-refractivity contribution >= 4 is 34.7 Å². The molecule has 28 heavy (non-hydrogen) atoms. The summed E-state index contributed by atoms with van der Waals surface area (Å²) < 4.78 is 42.9. The summed E-state index contributed by atoms with van der Waals surface area (Å²) in [4.78, 5) is 16.5. The molecule has 0 aliphatic heterocycles. The molecule has 0 atom stereocenters. The quantitative estimate of drug-likeness (QED) is 0.559. The van der Waals surface area contributed by atoms with Crippen LogP contribution in [-0.2, 0) is 6.18 Å². The Hall–Kier alpha value is -2.45. The maximum atomic E-state index is 12.8. The van der Waals surface area contributed by atoms with Crippen molar-refractivity contribution in [1.29, 1.82) is 0 Å². The van der Waals surface area contributed by atoms with E-state index in [2.05, 4.69) is 14.7 Å². The fourth-order valence-corrected chi connectivity index (χ4v) is 3.89. The van der Waals surface area contributed by atoms with Crippen LogP contribution < -0.4 is 5.32 Å². The van der Waals surface area contributed by atoms with Gasteiger partial charge in [0.1, 0.15) is 10.6 Å². The highest BCUT2D eigenvalue weighted by Crippen LogP contribution is 2.47. The van der Waals surface area contributed by atoms with Gasteiger partial charge in [-0.1, -0.05) is 23.7 Å². The van der Waals surface area contributed by atoms with Gasteiger partial charge in [0.05, 0.1) is 5.69 Å². The van der Waals surface area contributed by atoms with E-state index >= 15 is 0 Å². The zero-order valence-corrected chi connectivity index (χ0v) is 15.8. The summed E-state index contributed by atoms with van der Waals surface area (Å²) in [6.45, 7) is 0. The number of aromatic nitrogens is 2. The van der Waals surface area contributed by atoms with Gasteiger partial charge in [0, 0.05) is 28.0 Å². The second-order valence-corrected chi connectivity index (χ2v) is 7.65. The lowest BCUT2D eigenvalue weighted by atomic mass is 10.0. The number of benzene rings is 1. The van der Waals surface area contributed by atoms with Crippen LogP contribution in [-0.4, -0.2) is 15.3 Å². The molecule has 1 aromatic carbocycles. The monoisotopic (exact) mass is 423 g/mol. The summed E-state index contributed by atoms with van der Waals surface area (Å²) in [5, 5.41) is 3.14. The Morgan fingerprint density at radius 3 is 2.54 bits per heavy atom. The van der Waals surface area contributed by atoms with Crippen molar-refractivity contribution in [2.45, 2.75) is 24.9 Å². The Bertz CT molecular complexity index is 1030. The van der Waals surface area contributed by atoms with Crippen LogP contribution in [0, 0.1) is 0 Å². The van der Waals surface area contributed by atoms with Crippen LogP contribution in [0.3, 0.4) is 0 Å². The first-order valence-electron chi connectivity index (χ1n) is 8.43. The summed E-state index contributed by atoms with van der Waals surface area (Å²) >= 11 is 6.99. The Balaban J connectivity index is 1.64. The molecule has 1 amide bonds. The van der Waals surface area contributed by atoms with Gasteiger partial charge in [0.15, 0.2) is 0 Å². The summed E-state index contributed by atoms with van der Waals surface area (Å²) in [5.41, 5.74) is 1.40. The lowest BCUT2D eigenvalue weighted by molar-refractivity contribution is -0.141. The molecule has 144 valence electrons. The van der Waals surface area contributed by atoms with Crippen molar-refractivity contribution in [1.82, 2.24) is 9.36 Å². The topological polar surface area (TPSA) is 54.9 Å². The molecule has 2 heterocycles. The molecule has 0 bridgehead atoms. The van der Waals surface area contributed by atoms with Crippen LogP contribution in [0.4, 0.5) is 18.9 Å². The Kier molecular flexibility index (Phi) is 4.84. The zero-order valence-electron chi connectivity index (χ0n) is 14.3. The number of rotatable bonds is 4. The van der Waals surface area contributed by atoms with Crippen LogP contribution in [0.15, 0.2) is 42.6 Å². The normalized spacial score (nSPS) is 14.1. The van der Waals surface area contributed by atoms with Crippen molar-refractivity contribution in [3.05, 3.63) is 63.8 Å². The maximum Gasteiger partial charge on any atom is 0.433 e. The van der Waals surface area contributed by atoms with Crippen LogP contribution >= 0.6 is 23.1 Å². The summed E-state index contributed by atoms with van der Waals surface area (Å²) in [5.74, 6) is -0.243. The Morgan fingerprint density at radius 1 is 1.18 bits per heavy atom. The fraction of sp³-hybridized carbons (Fsp3) is 0.211. The van der Waals surface area contributed by atoms with E-state index in [0.29, 0.717) is 9.90 Å². The molecule has 3 aromatic rings. The standard InChI is InChI=1S/C19H13ClF3N3OS/c20-12-5-3-11(4-6-12)16-15(10-1-2-10)17(28-26-16)18(27)25-13-7-8-24-14(9-13)19(21,22)23/h3-10H,1-2H2,(H,24,25,27). The van der Waals surface area contributed by atoms with E-state index in [9.17, 15) is 18.0 Å². The molecule has 9 heteroatoms. The van der Waals surface area contributed by atoms with Crippen LogP contribution in [0.1, 0.15) is 39.7 Å². The first-order valence-corrected chi connectivity index (χ1v) is 9.58. The Morgan fingerprint density at radius 2 is 1.89 bits per heavy atom. The highest BCUT2D eigenvalue weighted by molar-refractivity contribution is 7.08. The Labute approximate surface area is 167 Å². The van der Waals surface area contributed by atoms with Gasteiger partial charge >= 0.3 is 6.18 Å². The number of hydrogen-bond acceptors (Lipinski definition) is 4. The number of alkyl halides is 3. The van der Waals surface area contributed by atoms with Gasteiger partial charge in [-0.3, -0.25) is 9.78 Å². The summed E-state index contributed by atoms with van der Waals surface area (Å²) in [6.07, 6.45) is -1.66. The number of carbonyl (C=O) groups is 1. The molecule has 1 saturated carbocycles. The SMILES string of the molecule is O=C(Nc1ccnc(C(F)(F)F)c1)c1snc(-c2ccc(Cl)cc2)c1C1CC1. The number of halogens is 4. The van der Waals surface area contributed by atoms with Gasteiger partial charge in [-0.15, -0.1) is 0 Å². The molecule has 2 aromatic heterocycles. The molecule has 1 N–H and O–H groups in total. The lowest BCUT2D eigenvalue weighted by Gasteiger charge is -2.09. The molecule has 1 fully saturated rings. The maximum absolute atomic E-state index is 12.8. The number of carbonyl (C=O) groups excluding carboxylic acids is 1. The predicted molar refractivity (Wildman–Crippen MR) is 102 cm³/mol. The predicted octanol–water partition coefficient (Wildman–Crippen LogP) is 6.01. The first-order chi connectivity index (χ1) is 13.3. The van der Waals surface area contributed by atoms with E-state index in [0.717, 1.165) is 53.5 Å². The van der Waals surface area contributed by atoms with Crippen molar-refractivity contribution in [3.8, 4) is 11.3 Å². The number of amides is 1. The summed E-state index contributed by atoms with van der Waals surface area (Å²) in [7, 11) is 0. The van der Waals surface area contributed by atoms with Crippen LogP contribution in [0.2, 0.25) is 5.02 Å². The fourth-order valence-electron chi connectivity index (χ4n) is 2.88. The van der Waals surface area contributed by atoms with Crippen LogP contribution in [0.25, 0.3) is 11.3 Å². The molecule has 0 radical (unpaired) electrons. The van der Waals surface area contributed by atoms with E-state index in [-0.39, 0.29) is 11.6 Å². The number of pyridine rings is 1. The smallest absolute Gasteiger partial charge is 0.321 e. The minimum Gasteiger partial charge on any atom is -0.321 e. The van der Waals surface area contributed by atoms with E-state index in [1.807, 2.05) is 12.1 Å². The average Bonchev–Trinajstić information content (AvgIpc) is 3.40. The van der Waals surface area contributed by atoms with Crippen molar-refractivity contribution < 1.29 is 18.0 Å². The van der Waals surface area contributed by atoms with E-state index in [1.165, 1.54) is 6.07 Å². The number of nitrogens with one attached hydrogen (secondary N) is 1. The average molecular weight is 424 g/mol. The molecule has 0 saturated heterocycles. The largest absolute Gasteiger partial charge is 0.433 e. The zero-order chi connectivity index (χ0) is 19.9. The molecule has 4 rings (SSSR count). The molecule has 0 spiro atoms. The molecule has 4 nitrogen and oxygen atoms in total. The van der Waals surface area contributed by atoms with E-state index in [1.54, 1.807) is 12.1 Å². The van der Waals surface area contributed by atoms with Gasteiger partial charge in [-0.25, -0.2) is 0 Å². The highest BCUT2D eigenvalue weighted by atomic mass is 35.5. The van der Waals surface area contributed by atoms with Gasteiger partial charge < -0.3 is 5.32 Å². The third-order valence-electron chi connectivity index (χ3n) is 4.35. The number of hydrogen-bond donors (Lipinski definition) is 1. The molecule has 1 aliphatic carbocycles. The third kappa shape index (κ3) is 3.88. The second kappa shape index (κ2) is 7.18. The minimum atomic E-state index is -4.58. The van der Waals surface area contributed by atoms with Crippen molar-refractivity contribution in [2.24, 2.45) is 0 Å². The minimum absolute atomic E-state index is 0.0375. The molecular weight excluding hydrogens is 411 g/mol. The van der Waals surface area contributed by atoms with Gasteiger partial charge in [0.25, 0.3) is 5.91 Å².